The number of thiazole rings is 1. The van der Waals surface area contributed by atoms with E-state index in [0.717, 1.165) is 43.3 Å². The van der Waals surface area contributed by atoms with Gasteiger partial charge < -0.3 is 9.64 Å². The number of rotatable bonds is 5. The van der Waals surface area contributed by atoms with Gasteiger partial charge in [0.1, 0.15) is 11.2 Å². The third-order valence-electron chi connectivity index (χ3n) is 7.38. The van der Waals surface area contributed by atoms with Crippen LogP contribution in [0.2, 0.25) is 0 Å². The first kappa shape index (κ1) is 23.7. The molecule has 0 bridgehead atoms. The third-order valence-corrected chi connectivity index (χ3v) is 8.49. The summed E-state index contributed by atoms with van der Waals surface area (Å²) in [6, 6.07) is 26.1. The highest BCUT2D eigenvalue weighted by Crippen LogP contribution is 2.42. The second-order valence-corrected chi connectivity index (χ2v) is 11.0. The van der Waals surface area contributed by atoms with Gasteiger partial charge in [0.05, 0.1) is 5.69 Å². The number of fused-ring (bicyclic) bond motifs is 2. The molecule has 0 saturated carbocycles. The fraction of sp³-hybridized carbons (Fsp3) is 0.242. The van der Waals surface area contributed by atoms with Gasteiger partial charge in [-0.2, -0.15) is 4.57 Å². The maximum atomic E-state index is 6.36. The van der Waals surface area contributed by atoms with Crippen LogP contribution in [0.15, 0.2) is 102 Å². The Balaban J connectivity index is 1.42. The lowest BCUT2D eigenvalue weighted by Gasteiger charge is -2.25. The highest BCUT2D eigenvalue weighted by Gasteiger charge is 2.27. The van der Waals surface area contributed by atoms with Gasteiger partial charge >= 0.3 is 0 Å². The monoisotopic (exact) mass is 505 g/mol. The van der Waals surface area contributed by atoms with Crippen LogP contribution in [-0.4, -0.2) is 6.54 Å². The molecule has 0 amide bonds. The van der Waals surface area contributed by atoms with Crippen molar-refractivity contribution in [3.05, 3.63) is 118 Å². The van der Waals surface area contributed by atoms with Crippen molar-refractivity contribution in [3.8, 4) is 5.75 Å². The van der Waals surface area contributed by atoms with Crippen LogP contribution in [0.25, 0.3) is 16.3 Å². The Hall–Kier alpha value is -3.63. The molecule has 3 nitrogen and oxygen atoms in total. The zero-order valence-corrected chi connectivity index (χ0v) is 22.6. The summed E-state index contributed by atoms with van der Waals surface area (Å²) in [4.78, 5) is 2.29. The topological polar surface area (TPSA) is 16.4 Å². The summed E-state index contributed by atoms with van der Waals surface area (Å²) in [7, 11) is 0. The number of benzene rings is 3. The van der Waals surface area contributed by atoms with Crippen molar-refractivity contribution in [3.63, 3.8) is 0 Å². The standard InChI is InChI=1S/C33H33N2OS/c1-4-34-29-17-23(3)15-16-30(29)36-32(34)21-24-18-25(20-27(19-24)26-11-7-6-8-12-26)22-33-35(5-2)28-13-9-10-14-31(28)37-33/h6-18,21-22,27H,4-5,19-20H2,1-3H3/q+1. The van der Waals surface area contributed by atoms with Crippen LogP contribution in [0.5, 0.6) is 5.75 Å². The molecule has 2 aliphatic rings. The summed E-state index contributed by atoms with van der Waals surface area (Å²) in [6.07, 6.45) is 9.10. The summed E-state index contributed by atoms with van der Waals surface area (Å²) >= 11 is 1.88. The molecule has 0 spiro atoms. The number of ether oxygens (including phenoxy) is 1. The van der Waals surface area contributed by atoms with Crippen LogP contribution in [0.3, 0.4) is 0 Å². The molecular weight excluding hydrogens is 472 g/mol. The SMILES string of the molecule is CCN1/C(=C/C2=CC(=C/c3sc4ccccc4[n+]3CC)/CC(c3ccccc3)C2)Oc2ccc(C)cc21. The minimum Gasteiger partial charge on any atom is -0.439 e. The maximum Gasteiger partial charge on any atom is 0.263 e. The minimum atomic E-state index is 0.440. The van der Waals surface area contributed by atoms with E-state index in [-0.39, 0.29) is 0 Å². The Morgan fingerprint density at radius 1 is 0.973 bits per heavy atom. The predicted octanol–water partition coefficient (Wildman–Crippen LogP) is 8.16. The lowest BCUT2D eigenvalue weighted by Crippen LogP contribution is -2.33. The van der Waals surface area contributed by atoms with Crippen molar-refractivity contribution in [1.29, 1.82) is 0 Å². The van der Waals surface area contributed by atoms with Crippen LogP contribution in [0.4, 0.5) is 5.69 Å². The first-order valence-electron chi connectivity index (χ1n) is 13.3. The summed E-state index contributed by atoms with van der Waals surface area (Å²) < 4.78 is 10.1. The van der Waals surface area contributed by atoms with Gasteiger partial charge in [0.2, 0.25) is 11.4 Å². The Bertz CT molecular complexity index is 1540. The third kappa shape index (κ3) is 4.62. The maximum absolute atomic E-state index is 6.36. The number of aromatic nitrogens is 1. The van der Waals surface area contributed by atoms with E-state index in [2.05, 4.69) is 121 Å². The zero-order valence-electron chi connectivity index (χ0n) is 21.8. The molecule has 0 fully saturated rings. The van der Waals surface area contributed by atoms with E-state index in [1.807, 2.05) is 11.3 Å². The molecule has 37 heavy (non-hydrogen) atoms. The van der Waals surface area contributed by atoms with E-state index < -0.39 is 0 Å². The van der Waals surface area contributed by atoms with Gasteiger partial charge in [-0.15, -0.1) is 0 Å². The molecule has 1 atom stereocenters. The van der Waals surface area contributed by atoms with Crippen LogP contribution in [0, 0.1) is 6.92 Å². The first-order chi connectivity index (χ1) is 18.1. The van der Waals surface area contributed by atoms with Gasteiger partial charge in [-0.05, 0) is 80.0 Å². The minimum absolute atomic E-state index is 0.440. The summed E-state index contributed by atoms with van der Waals surface area (Å²) in [6.45, 7) is 8.39. The highest BCUT2D eigenvalue weighted by molar-refractivity contribution is 7.18. The van der Waals surface area contributed by atoms with Crippen molar-refractivity contribution < 1.29 is 9.30 Å². The number of allylic oxidation sites excluding steroid dienone is 4. The Labute approximate surface area is 223 Å². The number of anilines is 1. The predicted molar refractivity (Wildman–Crippen MR) is 155 cm³/mol. The highest BCUT2D eigenvalue weighted by atomic mass is 32.1. The molecule has 4 heteroatoms. The molecule has 4 aromatic rings. The Morgan fingerprint density at radius 3 is 2.59 bits per heavy atom. The van der Waals surface area contributed by atoms with Crippen molar-refractivity contribution in [2.75, 3.05) is 11.4 Å². The Kier molecular flexibility index (Phi) is 6.43. The van der Waals surface area contributed by atoms with Crippen molar-refractivity contribution >= 4 is 33.3 Å². The van der Waals surface area contributed by atoms with Gasteiger partial charge in [-0.3, -0.25) is 0 Å². The lowest BCUT2D eigenvalue weighted by atomic mass is 9.81. The van der Waals surface area contributed by atoms with Crippen LogP contribution in [-0.2, 0) is 6.54 Å². The lowest BCUT2D eigenvalue weighted by molar-refractivity contribution is -0.665. The molecule has 1 unspecified atom stereocenters. The first-order valence-corrected chi connectivity index (χ1v) is 14.1. The number of hydrogen-bond donors (Lipinski definition) is 0. The van der Waals surface area contributed by atoms with E-state index in [9.17, 15) is 0 Å². The number of para-hydroxylation sites is 1. The number of nitrogens with zero attached hydrogens (tertiary/aromatic N) is 2. The molecule has 0 N–H and O–H groups in total. The van der Waals surface area contributed by atoms with Crippen molar-refractivity contribution in [2.45, 2.75) is 46.1 Å². The average molecular weight is 506 g/mol. The molecule has 1 aliphatic carbocycles. The zero-order chi connectivity index (χ0) is 25.4. The van der Waals surface area contributed by atoms with Gasteiger partial charge in [-0.1, -0.05) is 65.9 Å². The van der Waals surface area contributed by atoms with Crippen LogP contribution < -0.4 is 14.2 Å². The molecule has 0 saturated heterocycles. The van der Waals surface area contributed by atoms with Crippen LogP contribution in [0.1, 0.15) is 48.7 Å². The van der Waals surface area contributed by atoms with E-state index in [0.29, 0.717) is 5.92 Å². The quantitative estimate of drug-likeness (QED) is 0.254. The second kappa shape index (κ2) is 10.0. The van der Waals surface area contributed by atoms with E-state index >= 15 is 0 Å². The Morgan fingerprint density at radius 2 is 1.78 bits per heavy atom. The van der Waals surface area contributed by atoms with Gasteiger partial charge in [0.25, 0.3) is 5.01 Å². The number of aryl methyl sites for hydroxylation is 2. The van der Waals surface area contributed by atoms with E-state index in [1.165, 1.54) is 37.5 Å². The summed E-state index contributed by atoms with van der Waals surface area (Å²) in [5.41, 5.74) is 7.81. The summed E-state index contributed by atoms with van der Waals surface area (Å²) in [5, 5.41) is 1.31. The largest absolute Gasteiger partial charge is 0.439 e. The normalized spacial score (nSPS) is 19.4. The molecule has 186 valence electrons. The fourth-order valence-electron chi connectivity index (χ4n) is 5.61. The van der Waals surface area contributed by atoms with Crippen LogP contribution >= 0.6 is 11.3 Å². The molecule has 1 aliphatic heterocycles. The molecule has 1 aromatic heterocycles. The van der Waals surface area contributed by atoms with Gasteiger partial charge in [0, 0.05) is 24.8 Å². The van der Waals surface area contributed by atoms with Crippen molar-refractivity contribution in [1.82, 2.24) is 0 Å². The number of hydrogen-bond acceptors (Lipinski definition) is 3. The van der Waals surface area contributed by atoms with Gasteiger partial charge in [-0.25, -0.2) is 0 Å². The smallest absolute Gasteiger partial charge is 0.263 e. The molecular formula is C33H33N2OS+. The summed E-state index contributed by atoms with van der Waals surface area (Å²) in [5.74, 6) is 2.31. The fourth-order valence-corrected chi connectivity index (χ4v) is 6.81. The molecule has 2 heterocycles. The molecule has 0 radical (unpaired) electrons. The average Bonchev–Trinajstić information content (AvgIpc) is 3.45. The molecule has 3 aromatic carbocycles. The van der Waals surface area contributed by atoms with Gasteiger partial charge in [0.15, 0.2) is 5.75 Å². The second-order valence-electron chi connectivity index (χ2n) is 9.91. The van der Waals surface area contributed by atoms with Crippen molar-refractivity contribution in [2.24, 2.45) is 0 Å². The molecule has 6 rings (SSSR count). The van der Waals surface area contributed by atoms with E-state index in [4.69, 9.17) is 4.74 Å². The van der Waals surface area contributed by atoms with E-state index in [1.54, 1.807) is 0 Å².